The highest BCUT2D eigenvalue weighted by Crippen LogP contribution is 2.47. The molecule has 1 heterocycles. The second kappa shape index (κ2) is 10.8. The third kappa shape index (κ3) is 4.27. The smallest absolute Gasteiger partial charge is 0.143 e. The first-order valence-electron chi connectivity index (χ1n) is 15.7. The molecule has 0 radical (unpaired) electrons. The third-order valence-electron chi connectivity index (χ3n) is 9.03. The van der Waals surface area contributed by atoms with Crippen molar-refractivity contribution in [1.82, 2.24) is 0 Å². The lowest BCUT2D eigenvalue weighted by atomic mass is 9.91. The molecule has 1 aromatic heterocycles. The van der Waals surface area contributed by atoms with E-state index in [9.17, 15) is 0 Å². The van der Waals surface area contributed by atoms with Gasteiger partial charge in [-0.3, -0.25) is 0 Å². The predicted molar refractivity (Wildman–Crippen MR) is 194 cm³/mol. The van der Waals surface area contributed by atoms with Gasteiger partial charge in [-0.1, -0.05) is 140 Å². The van der Waals surface area contributed by atoms with Crippen molar-refractivity contribution in [2.75, 3.05) is 4.90 Å². The zero-order chi connectivity index (χ0) is 30.5. The maximum Gasteiger partial charge on any atom is 0.143 e. The van der Waals surface area contributed by atoms with Gasteiger partial charge in [0.05, 0.1) is 5.69 Å². The SMILES string of the molecule is c1ccc(-c2ccccc2-c2cccc3oc4c5ccccc5c(N(c5ccccc5)c5ccc6ccccc6c5)cc4c23)cc1. The van der Waals surface area contributed by atoms with Crippen LogP contribution in [0, 0.1) is 0 Å². The Morgan fingerprint density at radius 1 is 0.391 bits per heavy atom. The second-order valence-electron chi connectivity index (χ2n) is 11.7. The number of anilines is 3. The van der Waals surface area contributed by atoms with Crippen LogP contribution in [0.5, 0.6) is 0 Å². The van der Waals surface area contributed by atoms with Crippen LogP contribution in [0.4, 0.5) is 17.1 Å². The molecule has 0 bridgehead atoms. The van der Waals surface area contributed by atoms with E-state index in [0.717, 1.165) is 55.3 Å². The molecule has 0 atom stereocenters. The second-order valence-corrected chi connectivity index (χ2v) is 11.7. The lowest BCUT2D eigenvalue weighted by molar-refractivity contribution is 0.673. The monoisotopic (exact) mass is 587 g/mol. The van der Waals surface area contributed by atoms with E-state index in [-0.39, 0.29) is 0 Å². The van der Waals surface area contributed by atoms with E-state index < -0.39 is 0 Å². The Kier molecular flexibility index (Phi) is 6.17. The quantitative estimate of drug-likeness (QED) is 0.199. The summed E-state index contributed by atoms with van der Waals surface area (Å²) in [5, 5.41) is 6.89. The molecular weight excluding hydrogens is 558 g/mol. The highest BCUT2D eigenvalue weighted by molar-refractivity contribution is 6.23. The van der Waals surface area contributed by atoms with Crippen molar-refractivity contribution in [2.45, 2.75) is 0 Å². The Labute approximate surface area is 267 Å². The first-order valence-corrected chi connectivity index (χ1v) is 15.7. The molecule has 0 amide bonds. The number of hydrogen-bond donors (Lipinski definition) is 0. The summed E-state index contributed by atoms with van der Waals surface area (Å²) in [5.74, 6) is 0. The van der Waals surface area contributed by atoms with Gasteiger partial charge in [-0.05, 0) is 69.4 Å². The molecule has 2 heteroatoms. The van der Waals surface area contributed by atoms with Gasteiger partial charge < -0.3 is 9.32 Å². The Morgan fingerprint density at radius 3 is 1.87 bits per heavy atom. The van der Waals surface area contributed by atoms with Crippen LogP contribution >= 0.6 is 0 Å². The van der Waals surface area contributed by atoms with E-state index in [2.05, 4.69) is 181 Å². The number of hydrogen-bond acceptors (Lipinski definition) is 2. The van der Waals surface area contributed by atoms with Gasteiger partial charge in [-0.15, -0.1) is 0 Å². The lowest BCUT2D eigenvalue weighted by Gasteiger charge is -2.27. The normalized spacial score (nSPS) is 11.5. The van der Waals surface area contributed by atoms with Crippen LogP contribution in [0.1, 0.15) is 0 Å². The summed E-state index contributed by atoms with van der Waals surface area (Å²) in [5.41, 5.74) is 9.86. The maximum absolute atomic E-state index is 6.76. The van der Waals surface area contributed by atoms with Gasteiger partial charge >= 0.3 is 0 Å². The van der Waals surface area contributed by atoms with Crippen LogP contribution < -0.4 is 4.90 Å². The Morgan fingerprint density at radius 2 is 1.04 bits per heavy atom. The number of para-hydroxylation sites is 1. The van der Waals surface area contributed by atoms with Crippen LogP contribution in [-0.2, 0) is 0 Å². The van der Waals surface area contributed by atoms with Crippen molar-refractivity contribution in [3.05, 3.63) is 176 Å². The number of furan rings is 1. The molecule has 9 rings (SSSR count). The fourth-order valence-corrected chi connectivity index (χ4v) is 6.95. The molecule has 0 unspecified atom stereocenters. The van der Waals surface area contributed by atoms with Crippen molar-refractivity contribution in [1.29, 1.82) is 0 Å². The molecule has 216 valence electrons. The molecular formula is C44H29NO. The molecule has 0 saturated heterocycles. The molecule has 0 fully saturated rings. The first kappa shape index (κ1) is 26.3. The highest BCUT2D eigenvalue weighted by atomic mass is 16.3. The molecule has 46 heavy (non-hydrogen) atoms. The van der Waals surface area contributed by atoms with Gasteiger partial charge in [0.25, 0.3) is 0 Å². The van der Waals surface area contributed by atoms with Gasteiger partial charge in [0.1, 0.15) is 11.2 Å². The maximum atomic E-state index is 6.76. The fourth-order valence-electron chi connectivity index (χ4n) is 6.95. The van der Waals surface area contributed by atoms with Crippen molar-refractivity contribution >= 4 is 60.5 Å². The van der Waals surface area contributed by atoms with Crippen LogP contribution in [-0.4, -0.2) is 0 Å². The van der Waals surface area contributed by atoms with E-state index in [1.54, 1.807) is 0 Å². The first-order chi connectivity index (χ1) is 22.8. The van der Waals surface area contributed by atoms with Gasteiger partial charge in [-0.2, -0.15) is 0 Å². The molecule has 0 aliphatic heterocycles. The summed E-state index contributed by atoms with van der Waals surface area (Å²) < 4.78 is 6.76. The average Bonchev–Trinajstić information content (AvgIpc) is 3.52. The summed E-state index contributed by atoms with van der Waals surface area (Å²) in [4.78, 5) is 2.38. The summed E-state index contributed by atoms with van der Waals surface area (Å²) >= 11 is 0. The Balaban J connectivity index is 1.37. The molecule has 0 spiro atoms. The molecule has 0 N–H and O–H groups in total. The number of fused-ring (bicyclic) bond motifs is 6. The van der Waals surface area contributed by atoms with Crippen molar-refractivity contribution in [3.8, 4) is 22.3 Å². The van der Waals surface area contributed by atoms with Crippen LogP contribution in [0.15, 0.2) is 180 Å². The predicted octanol–water partition coefficient (Wildman–Crippen LogP) is 12.7. The third-order valence-corrected chi connectivity index (χ3v) is 9.03. The van der Waals surface area contributed by atoms with E-state index in [0.29, 0.717) is 0 Å². The van der Waals surface area contributed by atoms with Crippen LogP contribution in [0.2, 0.25) is 0 Å². The minimum absolute atomic E-state index is 0.884. The van der Waals surface area contributed by atoms with Crippen molar-refractivity contribution < 1.29 is 4.42 Å². The summed E-state index contributed by atoms with van der Waals surface area (Å²) in [6.45, 7) is 0. The number of nitrogens with zero attached hydrogens (tertiary/aromatic N) is 1. The van der Waals surface area contributed by atoms with Gasteiger partial charge in [0.15, 0.2) is 0 Å². The van der Waals surface area contributed by atoms with Crippen molar-refractivity contribution in [2.24, 2.45) is 0 Å². The molecule has 2 nitrogen and oxygen atoms in total. The van der Waals surface area contributed by atoms with Crippen LogP contribution in [0.3, 0.4) is 0 Å². The number of rotatable bonds is 5. The summed E-state index contributed by atoms with van der Waals surface area (Å²) in [6.07, 6.45) is 0. The number of benzene rings is 8. The minimum atomic E-state index is 0.884. The lowest BCUT2D eigenvalue weighted by Crippen LogP contribution is -2.10. The average molecular weight is 588 g/mol. The largest absolute Gasteiger partial charge is 0.455 e. The van der Waals surface area contributed by atoms with Crippen molar-refractivity contribution in [3.63, 3.8) is 0 Å². The molecule has 8 aromatic carbocycles. The topological polar surface area (TPSA) is 16.4 Å². The van der Waals surface area contributed by atoms with Crippen LogP contribution in [0.25, 0.3) is 65.7 Å². The standard InChI is InChI=1S/C44H29NO/c1-3-15-31(16-4-1)35-20-9-10-21-36(35)38-24-13-25-42-43(38)40-29-41(37-22-11-12-23-39(37)44(40)46-42)45(33-18-5-2-6-19-33)34-27-26-30-14-7-8-17-32(30)28-34/h1-29H. The van der Waals surface area contributed by atoms with E-state index in [1.165, 1.54) is 27.5 Å². The highest BCUT2D eigenvalue weighted by Gasteiger charge is 2.22. The van der Waals surface area contributed by atoms with Gasteiger partial charge in [0, 0.05) is 32.9 Å². The van der Waals surface area contributed by atoms with Gasteiger partial charge in [-0.25, -0.2) is 0 Å². The molecule has 0 aliphatic rings. The fraction of sp³-hybridized carbons (Fsp3) is 0. The zero-order valence-electron chi connectivity index (χ0n) is 25.1. The van der Waals surface area contributed by atoms with E-state index in [1.807, 2.05) is 0 Å². The molecule has 9 aromatic rings. The summed E-state index contributed by atoms with van der Waals surface area (Å²) in [7, 11) is 0. The zero-order valence-corrected chi connectivity index (χ0v) is 25.1. The Hall–Kier alpha value is -6.12. The molecule has 0 saturated carbocycles. The van der Waals surface area contributed by atoms with E-state index in [4.69, 9.17) is 4.42 Å². The van der Waals surface area contributed by atoms with Gasteiger partial charge in [0.2, 0.25) is 0 Å². The minimum Gasteiger partial charge on any atom is -0.455 e. The Bertz CT molecular complexity index is 2530. The van der Waals surface area contributed by atoms with E-state index >= 15 is 0 Å². The molecule has 0 aliphatic carbocycles. The summed E-state index contributed by atoms with van der Waals surface area (Å²) in [6, 6.07) is 62.6.